The van der Waals surface area contributed by atoms with Crippen LogP contribution in [0.15, 0.2) is 30.5 Å². The molecule has 0 aliphatic carbocycles. The lowest BCUT2D eigenvalue weighted by atomic mass is 10.0. The van der Waals surface area contributed by atoms with Crippen LogP contribution in [0.3, 0.4) is 0 Å². The van der Waals surface area contributed by atoms with Crippen molar-refractivity contribution in [2.75, 3.05) is 26.2 Å². The Bertz CT molecular complexity index is 713. The van der Waals surface area contributed by atoms with Crippen molar-refractivity contribution < 1.29 is 9.90 Å². The summed E-state index contributed by atoms with van der Waals surface area (Å²) in [7, 11) is 0. The van der Waals surface area contributed by atoms with Crippen LogP contribution in [0.4, 0.5) is 0 Å². The zero-order valence-electron chi connectivity index (χ0n) is 15.3. The van der Waals surface area contributed by atoms with Gasteiger partial charge in [0.15, 0.2) is 5.69 Å². The topological polar surface area (TPSA) is 83.3 Å². The number of hydrogen-bond donors (Lipinski definition) is 2. The van der Waals surface area contributed by atoms with Crippen LogP contribution in [0, 0.1) is 6.92 Å². The van der Waals surface area contributed by atoms with E-state index in [1.807, 2.05) is 4.68 Å². The molecule has 1 fully saturated rings. The zero-order chi connectivity index (χ0) is 18.4. The van der Waals surface area contributed by atoms with Gasteiger partial charge in [-0.2, -0.15) is 0 Å². The molecule has 1 aliphatic heterocycles. The first-order chi connectivity index (χ1) is 12.7. The summed E-state index contributed by atoms with van der Waals surface area (Å²) in [5.41, 5.74) is 2.93. The highest BCUT2D eigenvalue weighted by atomic mass is 16.3. The summed E-state index contributed by atoms with van der Waals surface area (Å²) >= 11 is 0. The van der Waals surface area contributed by atoms with E-state index in [9.17, 15) is 4.79 Å². The molecule has 140 valence electrons. The van der Waals surface area contributed by atoms with Crippen molar-refractivity contribution in [1.29, 1.82) is 0 Å². The summed E-state index contributed by atoms with van der Waals surface area (Å²) in [6, 6.07) is 8.90. The predicted molar refractivity (Wildman–Crippen MR) is 98.8 cm³/mol. The van der Waals surface area contributed by atoms with Gasteiger partial charge in [-0.1, -0.05) is 35.0 Å². The molecular formula is C19H27N5O2. The molecule has 0 spiro atoms. The molecule has 26 heavy (non-hydrogen) atoms. The molecule has 7 nitrogen and oxygen atoms in total. The third-order valence-electron chi connectivity index (χ3n) is 4.74. The molecule has 1 aromatic heterocycles. The number of nitrogens with one attached hydrogen (secondary N) is 1. The Morgan fingerprint density at radius 2 is 2.15 bits per heavy atom. The summed E-state index contributed by atoms with van der Waals surface area (Å²) in [4.78, 5) is 14.5. The van der Waals surface area contributed by atoms with E-state index in [4.69, 9.17) is 5.11 Å². The molecule has 2 aromatic rings. The van der Waals surface area contributed by atoms with Gasteiger partial charge < -0.3 is 10.4 Å². The monoisotopic (exact) mass is 357 g/mol. The largest absolute Gasteiger partial charge is 0.396 e. The highest BCUT2D eigenvalue weighted by Gasteiger charge is 2.23. The number of hydrogen-bond acceptors (Lipinski definition) is 5. The smallest absolute Gasteiger partial charge is 0.273 e. The normalized spacial score (nSPS) is 18.0. The lowest BCUT2D eigenvalue weighted by Gasteiger charge is -2.32. The average Bonchev–Trinajstić information content (AvgIpc) is 3.14. The summed E-state index contributed by atoms with van der Waals surface area (Å²) < 4.78 is 1.82. The minimum absolute atomic E-state index is 0.0614. The van der Waals surface area contributed by atoms with Gasteiger partial charge in [-0.3, -0.25) is 9.69 Å². The Morgan fingerprint density at radius 1 is 1.35 bits per heavy atom. The van der Waals surface area contributed by atoms with E-state index in [1.165, 1.54) is 11.1 Å². The van der Waals surface area contributed by atoms with E-state index in [2.05, 4.69) is 51.7 Å². The van der Waals surface area contributed by atoms with Gasteiger partial charge in [-0.25, -0.2) is 4.68 Å². The average molecular weight is 357 g/mol. The van der Waals surface area contributed by atoms with Crippen LogP contribution >= 0.6 is 0 Å². The quantitative estimate of drug-likeness (QED) is 0.735. The van der Waals surface area contributed by atoms with Crippen LogP contribution in [-0.4, -0.2) is 57.1 Å². The van der Waals surface area contributed by atoms with Crippen LogP contribution in [-0.2, 0) is 6.54 Å². The molecule has 1 amide bonds. The molecule has 1 aromatic carbocycles. The number of nitrogens with zero attached hydrogens (tertiary/aromatic N) is 4. The van der Waals surface area contributed by atoms with Crippen LogP contribution < -0.4 is 5.32 Å². The Hall–Kier alpha value is -2.25. The Labute approximate surface area is 154 Å². The molecule has 3 rings (SSSR count). The van der Waals surface area contributed by atoms with Crippen molar-refractivity contribution in [3.05, 3.63) is 47.3 Å². The molecule has 0 saturated carbocycles. The minimum Gasteiger partial charge on any atom is -0.396 e. The van der Waals surface area contributed by atoms with Crippen LogP contribution in [0.5, 0.6) is 0 Å². The number of amides is 1. The fourth-order valence-corrected chi connectivity index (χ4v) is 3.27. The van der Waals surface area contributed by atoms with Gasteiger partial charge in [0.05, 0.1) is 12.2 Å². The van der Waals surface area contributed by atoms with Gasteiger partial charge in [0.1, 0.15) is 0 Å². The Balaban J connectivity index is 1.57. The fraction of sp³-hybridized carbons (Fsp3) is 0.526. The third kappa shape index (κ3) is 4.89. The van der Waals surface area contributed by atoms with Crippen molar-refractivity contribution in [2.24, 2.45) is 0 Å². The SMILES string of the molecule is Cc1ccc(CN2CCCC(n3cc(C(=O)NCCCO)nn3)C2)cc1. The first-order valence-electron chi connectivity index (χ1n) is 9.24. The standard InChI is InChI=1S/C19H27N5O2/c1-15-5-7-16(8-6-15)12-23-10-2-4-17(13-23)24-14-18(21-22-24)19(26)20-9-3-11-25/h5-8,14,17,25H,2-4,9-13H2,1H3,(H,20,26). The molecule has 7 heteroatoms. The zero-order valence-corrected chi connectivity index (χ0v) is 15.3. The molecule has 1 unspecified atom stereocenters. The van der Waals surface area contributed by atoms with E-state index in [1.54, 1.807) is 6.20 Å². The third-order valence-corrected chi connectivity index (χ3v) is 4.74. The van der Waals surface area contributed by atoms with Gasteiger partial charge in [0.2, 0.25) is 0 Å². The van der Waals surface area contributed by atoms with E-state index < -0.39 is 0 Å². The summed E-state index contributed by atoms with van der Waals surface area (Å²) in [5, 5.41) is 19.7. The molecule has 1 aliphatic rings. The van der Waals surface area contributed by atoms with E-state index in [0.29, 0.717) is 18.7 Å². The second-order valence-electron chi connectivity index (χ2n) is 6.93. The number of carbonyl (C=O) groups is 1. The molecule has 0 bridgehead atoms. The number of aryl methyl sites for hydroxylation is 1. The molecule has 1 atom stereocenters. The number of likely N-dealkylation sites (tertiary alicyclic amines) is 1. The minimum atomic E-state index is -0.239. The van der Waals surface area contributed by atoms with Crippen molar-refractivity contribution in [2.45, 2.75) is 38.8 Å². The van der Waals surface area contributed by atoms with Gasteiger partial charge in [0.25, 0.3) is 5.91 Å². The highest BCUT2D eigenvalue weighted by molar-refractivity contribution is 5.91. The van der Waals surface area contributed by atoms with Crippen molar-refractivity contribution in [3.63, 3.8) is 0 Å². The van der Waals surface area contributed by atoms with Gasteiger partial charge in [0, 0.05) is 26.2 Å². The summed E-state index contributed by atoms with van der Waals surface area (Å²) in [6.07, 6.45) is 4.42. The number of aliphatic hydroxyl groups excluding tert-OH is 1. The number of piperidine rings is 1. The van der Waals surface area contributed by atoms with E-state index >= 15 is 0 Å². The Kier molecular flexibility index (Phi) is 6.35. The second-order valence-corrected chi connectivity index (χ2v) is 6.93. The molecule has 2 N–H and O–H groups in total. The molecular weight excluding hydrogens is 330 g/mol. The lowest BCUT2D eigenvalue weighted by molar-refractivity contribution is 0.0946. The first-order valence-corrected chi connectivity index (χ1v) is 9.24. The fourth-order valence-electron chi connectivity index (χ4n) is 3.27. The first kappa shape index (κ1) is 18.5. The highest BCUT2D eigenvalue weighted by Crippen LogP contribution is 2.22. The molecule has 0 radical (unpaired) electrons. The Morgan fingerprint density at radius 3 is 2.92 bits per heavy atom. The van der Waals surface area contributed by atoms with E-state index in [-0.39, 0.29) is 18.6 Å². The van der Waals surface area contributed by atoms with E-state index in [0.717, 1.165) is 32.5 Å². The van der Waals surface area contributed by atoms with Gasteiger partial charge in [-0.05, 0) is 38.3 Å². The number of carbonyl (C=O) groups excluding carboxylic acids is 1. The number of benzene rings is 1. The number of aromatic nitrogens is 3. The lowest BCUT2D eigenvalue weighted by Crippen LogP contribution is -2.36. The second kappa shape index (κ2) is 8.91. The summed E-state index contributed by atoms with van der Waals surface area (Å²) in [5.74, 6) is -0.239. The molecule has 2 heterocycles. The van der Waals surface area contributed by atoms with Crippen LogP contribution in [0.2, 0.25) is 0 Å². The maximum Gasteiger partial charge on any atom is 0.273 e. The maximum absolute atomic E-state index is 12.0. The van der Waals surface area contributed by atoms with Crippen molar-refractivity contribution in [3.8, 4) is 0 Å². The number of rotatable bonds is 7. The molecule has 1 saturated heterocycles. The van der Waals surface area contributed by atoms with Crippen molar-refractivity contribution >= 4 is 5.91 Å². The van der Waals surface area contributed by atoms with Crippen LogP contribution in [0.1, 0.15) is 46.9 Å². The number of aliphatic hydroxyl groups is 1. The van der Waals surface area contributed by atoms with Crippen molar-refractivity contribution in [1.82, 2.24) is 25.2 Å². The van der Waals surface area contributed by atoms with Gasteiger partial charge >= 0.3 is 0 Å². The summed E-state index contributed by atoms with van der Waals surface area (Å²) in [6.45, 7) is 5.52. The predicted octanol–water partition coefficient (Wildman–Crippen LogP) is 1.54. The maximum atomic E-state index is 12.0. The van der Waals surface area contributed by atoms with Gasteiger partial charge in [-0.15, -0.1) is 5.10 Å². The van der Waals surface area contributed by atoms with Crippen LogP contribution in [0.25, 0.3) is 0 Å².